The van der Waals surface area contributed by atoms with Crippen LogP contribution in [0.15, 0.2) is 4.52 Å². The van der Waals surface area contributed by atoms with E-state index in [9.17, 15) is 0 Å². The van der Waals surface area contributed by atoms with Crippen LogP contribution in [0.2, 0.25) is 0 Å². The Balaban J connectivity index is 2.02. The van der Waals surface area contributed by atoms with E-state index in [4.69, 9.17) is 4.52 Å². The van der Waals surface area contributed by atoms with Gasteiger partial charge in [0.15, 0.2) is 0 Å². The molecule has 0 unspecified atom stereocenters. The molecular formula is C11H19N3O. The van der Waals surface area contributed by atoms with Crippen molar-refractivity contribution in [1.29, 1.82) is 0 Å². The molecule has 4 heteroatoms. The second-order valence-electron chi connectivity index (χ2n) is 4.39. The van der Waals surface area contributed by atoms with Crippen molar-refractivity contribution in [3.05, 3.63) is 17.0 Å². The Labute approximate surface area is 90.6 Å². The third-order valence-electron chi connectivity index (χ3n) is 3.02. The monoisotopic (exact) mass is 209 g/mol. The fourth-order valence-corrected chi connectivity index (χ4v) is 2.11. The van der Waals surface area contributed by atoms with Crippen LogP contribution < -0.4 is 5.32 Å². The van der Waals surface area contributed by atoms with Gasteiger partial charge in [-0.05, 0) is 20.8 Å². The summed E-state index contributed by atoms with van der Waals surface area (Å²) in [5.74, 6) is 0.957. The maximum absolute atomic E-state index is 5.17. The number of aryl methyl sites for hydroxylation is 2. The van der Waals surface area contributed by atoms with E-state index in [0.717, 1.165) is 37.6 Å². The summed E-state index contributed by atoms with van der Waals surface area (Å²) in [5, 5.41) is 7.42. The van der Waals surface area contributed by atoms with Crippen molar-refractivity contribution in [2.75, 3.05) is 19.6 Å². The van der Waals surface area contributed by atoms with Gasteiger partial charge in [-0.3, -0.25) is 4.90 Å². The van der Waals surface area contributed by atoms with Gasteiger partial charge in [0.1, 0.15) is 5.76 Å². The van der Waals surface area contributed by atoms with E-state index in [-0.39, 0.29) is 0 Å². The molecule has 0 bridgehead atoms. The number of hydrogen-bond acceptors (Lipinski definition) is 4. The first kappa shape index (κ1) is 10.6. The fourth-order valence-electron chi connectivity index (χ4n) is 2.11. The van der Waals surface area contributed by atoms with Crippen molar-refractivity contribution in [2.45, 2.75) is 33.4 Å². The number of nitrogens with zero attached hydrogens (tertiary/aromatic N) is 2. The topological polar surface area (TPSA) is 41.3 Å². The molecule has 2 rings (SSSR count). The van der Waals surface area contributed by atoms with E-state index in [1.54, 1.807) is 0 Å². The van der Waals surface area contributed by atoms with Crippen LogP contribution in [0, 0.1) is 13.8 Å². The molecule has 1 saturated heterocycles. The minimum Gasteiger partial charge on any atom is -0.361 e. The van der Waals surface area contributed by atoms with Crippen molar-refractivity contribution >= 4 is 0 Å². The number of hydrogen-bond donors (Lipinski definition) is 1. The van der Waals surface area contributed by atoms with Gasteiger partial charge >= 0.3 is 0 Å². The first-order valence-electron chi connectivity index (χ1n) is 5.54. The van der Waals surface area contributed by atoms with E-state index < -0.39 is 0 Å². The zero-order valence-electron chi connectivity index (χ0n) is 9.71. The fraction of sp³-hybridized carbons (Fsp3) is 0.727. The largest absolute Gasteiger partial charge is 0.361 e. The van der Waals surface area contributed by atoms with Crippen LogP contribution in [0.3, 0.4) is 0 Å². The molecule has 84 valence electrons. The van der Waals surface area contributed by atoms with E-state index in [1.165, 1.54) is 5.56 Å². The summed E-state index contributed by atoms with van der Waals surface area (Å²) in [6.45, 7) is 10.5. The molecule has 0 amide bonds. The average molecular weight is 209 g/mol. The van der Waals surface area contributed by atoms with Crippen LogP contribution in [0.25, 0.3) is 0 Å². The van der Waals surface area contributed by atoms with Crippen LogP contribution in [-0.4, -0.2) is 35.7 Å². The van der Waals surface area contributed by atoms with Gasteiger partial charge < -0.3 is 9.84 Å². The Morgan fingerprint density at radius 1 is 1.53 bits per heavy atom. The highest BCUT2D eigenvalue weighted by Crippen LogP contribution is 2.15. The van der Waals surface area contributed by atoms with Gasteiger partial charge in [0, 0.05) is 37.8 Å². The number of rotatable bonds is 2. The molecule has 0 radical (unpaired) electrons. The molecule has 4 nitrogen and oxygen atoms in total. The third-order valence-corrected chi connectivity index (χ3v) is 3.02. The minimum atomic E-state index is 0.583. The van der Waals surface area contributed by atoms with Crippen LogP contribution in [0.4, 0.5) is 0 Å². The highest BCUT2D eigenvalue weighted by Gasteiger charge is 2.18. The molecule has 1 N–H and O–H groups in total. The molecule has 1 aromatic heterocycles. The molecule has 0 saturated carbocycles. The van der Waals surface area contributed by atoms with Crippen molar-refractivity contribution in [3.8, 4) is 0 Å². The average Bonchev–Trinajstić information content (AvgIpc) is 2.50. The molecular weight excluding hydrogens is 190 g/mol. The number of nitrogens with one attached hydrogen (secondary N) is 1. The number of piperazine rings is 1. The predicted octanol–water partition coefficient (Wildman–Crippen LogP) is 1.09. The molecule has 0 aromatic carbocycles. The molecule has 1 aliphatic rings. The third kappa shape index (κ3) is 2.38. The number of aromatic nitrogens is 1. The zero-order chi connectivity index (χ0) is 10.8. The van der Waals surface area contributed by atoms with Gasteiger partial charge in [0.2, 0.25) is 0 Å². The summed E-state index contributed by atoms with van der Waals surface area (Å²) < 4.78 is 5.17. The molecule has 0 spiro atoms. The van der Waals surface area contributed by atoms with Gasteiger partial charge in [-0.2, -0.15) is 0 Å². The highest BCUT2D eigenvalue weighted by molar-refractivity contribution is 5.20. The predicted molar refractivity (Wildman–Crippen MR) is 58.7 cm³/mol. The first-order valence-corrected chi connectivity index (χ1v) is 5.54. The smallest absolute Gasteiger partial charge is 0.138 e. The summed E-state index contributed by atoms with van der Waals surface area (Å²) in [6, 6.07) is 0.583. The second-order valence-corrected chi connectivity index (χ2v) is 4.39. The molecule has 0 aliphatic carbocycles. The van der Waals surface area contributed by atoms with E-state index in [1.807, 2.05) is 13.8 Å². The van der Waals surface area contributed by atoms with E-state index in [2.05, 4.69) is 22.3 Å². The quantitative estimate of drug-likeness (QED) is 0.791. The summed E-state index contributed by atoms with van der Waals surface area (Å²) >= 11 is 0. The summed E-state index contributed by atoms with van der Waals surface area (Å²) in [6.07, 6.45) is 0. The summed E-state index contributed by atoms with van der Waals surface area (Å²) in [5.41, 5.74) is 2.28. The highest BCUT2D eigenvalue weighted by atomic mass is 16.5. The zero-order valence-corrected chi connectivity index (χ0v) is 9.71. The normalized spacial score (nSPS) is 23.3. The maximum Gasteiger partial charge on any atom is 0.138 e. The van der Waals surface area contributed by atoms with E-state index >= 15 is 0 Å². The van der Waals surface area contributed by atoms with Crippen molar-refractivity contribution < 1.29 is 4.52 Å². The molecule has 1 atom stereocenters. The molecule has 15 heavy (non-hydrogen) atoms. The van der Waals surface area contributed by atoms with E-state index in [0.29, 0.717) is 6.04 Å². The van der Waals surface area contributed by atoms with Crippen molar-refractivity contribution in [3.63, 3.8) is 0 Å². The Kier molecular flexibility index (Phi) is 3.07. The van der Waals surface area contributed by atoms with Crippen molar-refractivity contribution in [2.24, 2.45) is 0 Å². The van der Waals surface area contributed by atoms with Gasteiger partial charge in [0.05, 0.1) is 5.69 Å². The lowest BCUT2D eigenvalue weighted by molar-refractivity contribution is 0.198. The molecule has 1 aliphatic heterocycles. The Morgan fingerprint density at radius 3 is 2.93 bits per heavy atom. The summed E-state index contributed by atoms with van der Waals surface area (Å²) in [4.78, 5) is 2.45. The molecule has 1 aromatic rings. The van der Waals surface area contributed by atoms with Gasteiger partial charge in [-0.1, -0.05) is 5.16 Å². The SMILES string of the molecule is Cc1noc(C)c1CN1CCN[C@@H](C)C1. The van der Waals surface area contributed by atoms with Gasteiger partial charge in [-0.15, -0.1) is 0 Å². The van der Waals surface area contributed by atoms with Crippen LogP contribution in [-0.2, 0) is 6.54 Å². The first-order chi connectivity index (χ1) is 7.16. The van der Waals surface area contributed by atoms with Crippen molar-refractivity contribution in [1.82, 2.24) is 15.4 Å². The Morgan fingerprint density at radius 2 is 2.33 bits per heavy atom. The van der Waals surface area contributed by atoms with Gasteiger partial charge in [0.25, 0.3) is 0 Å². The Hall–Kier alpha value is -0.870. The van der Waals surface area contributed by atoms with Crippen LogP contribution >= 0.6 is 0 Å². The lowest BCUT2D eigenvalue weighted by Crippen LogP contribution is -2.48. The molecule has 2 heterocycles. The lowest BCUT2D eigenvalue weighted by Gasteiger charge is -2.31. The molecule has 1 fully saturated rings. The van der Waals surface area contributed by atoms with Crippen LogP contribution in [0.1, 0.15) is 23.9 Å². The maximum atomic E-state index is 5.17. The summed E-state index contributed by atoms with van der Waals surface area (Å²) in [7, 11) is 0. The minimum absolute atomic E-state index is 0.583. The lowest BCUT2D eigenvalue weighted by atomic mass is 10.1. The van der Waals surface area contributed by atoms with Gasteiger partial charge in [-0.25, -0.2) is 0 Å². The second kappa shape index (κ2) is 4.33. The Bertz CT molecular complexity index is 315. The van der Waals surface area contributed by atoms with Crippen LogP contribution in [0.5, 0.6) is 0 Å². The standard InChI is InChI=1S/C11H19N3O/c1-8-6-14(5-4-12-8)7-11-9(2)13-15-10(11)3/h8,12H,4-7H2,1-3H3/t8-/m0/s1.